The number of rotatable bonds is 8. The number of benzene rings is 2. The monoisotopic (exact) mass is 415 g/mol. The van der Waals surface area contributed by atoms with E-state index in [0.717, 1.165) is 24.2 Å². The van der Waals surface area contributed by atoms with E-state index in [9.17, 15) is 9.18 Å². The molecule has 1 amide bonds. The highest BCUT2D eigenvalue weighted by Crippen LogP contribution is 2.35. The van der Waals surface area contributed by atoms with Crippen molar-refractivity contribution in [2.75, 3.05) is 19.8 Å². The van der Waals surface area contributed by atoms with Crippen LogP contribution in [-0.2, 0) is 20.7 Å². The van der Waals surface area contributed by atoms with Gasteiger partial charge in [0.2, 0.25) is 5.91 Å². The quantitative estimate of drug-likeness (QED) is 0.663. The molecular weight excluding hydrogens is 385 g/mol. The van der Waals surface area contributed by atoms with Gasteiger partial charge >= 0.3 is 0 Å². The van der Waals surface area contributed by atoms with E-state index in [2.05, 4.69) is 31.3 Å². The molecule has 3 nitrogen and oxygen atoms in total. The summed E-state index contributed by atoms with van der Waals surface area (Å²) in [6, 6.07) is 16.9. The fourth-order valence-electron chi connectivity index (χ4n) is 3.82. The third-order valence-corrected chi connectivity index (χ3v) is 7.26. The Morgan fingerprint density at radius 1 is 1.10 bits per heavy atom. The van der Waals surface area contributed by atoms with Crippen molar-refractivity contribution >= 4 is 17.7 Å². The van der Waals surface area contributed by atoms with E-state index in [-0.39, 0.29) is 28.3 Å². The fraction of sp³-hybridized carbons (Fsp3) is 0.458. The van der Waals surface area contributed by atoms with Gasteiger partial charge < -0.3 is 10.1 Å². The van der Waals surface area contributed by atoms with Crippen molar-refractivity contribution in [3.8, 4) is 0 Å². The van der Waals surface area contributed by atoms with Gasteiger partial charge in [-0.25, -0.2) is 4.39 Å². The Labute approximate surface area is 177 Å². The van der Waals surface area contributed by atoms with E-state index in [1.165, 1.54) is 17.7 Å². The fourth-order valence-corrected chi connectivity index (χ4v) is 5.01. The summed E-state index contributed by atoms with van der Waals surface area (Å²) < 4.78 is 19.0. The molecule has 1 N–H and O–H groups in total. The molecule has 1 atom stereocenters. The average Bonchev–Trinajstić information content (AvgIpc) is 2.74. The lowest BCUT2D eigenvalue weighted by molar-refractivity contribution is -0.121. The summed E-state index contributed by atoms with van der Waals surface area (Å²) in [6.45, 7) is 6.04. The minimum Gasteiger partial charge on any atom is -0.381 e. The van der Waals surface area contributed by atoms with Gasteiger partial charge in [0.05, 0.1) is 5.25 Å². The van der Waals surface area contributed by atoms with Gasteiger partial charge in [0, 0.05) is 30.9 Å². The summed E-state index contributed by atoms with van der Waals surface area (Å²) in [6.07, 6.45) is 1.64. The maximum Gasteiger partial charge on any atom is 0.233 e. The van der Waals surface area contributed by atoms with Crippen LogP contribution >= 0.6 is 11.8 Å². The molecule has 1 unspecified atom stereocenters. The van der Waals surface area contributed by atoms with E-state index >= 15 is 0 Å². The largest absolute Gasteiger partial charge is 0.381 e. The molecule has 5 heteroatoms. The number of hydrogen-bond donors (Lipinski definition) is 1. The summed E-state index contributed by atoms with van der Waals surface area (Å²) in [5.74, 6) is 0.889. The molecule has 0 bridgehead atoms. The molecule has 3 rings (SSSR count). The zero-order valence-corrected chi connectivity index (χ0v) is 18.0. The van der Waals surface area contributed by atoms with Crippen LogP contribution in [-0.4, -0.2) is 30.9 Å². The van der Waals surface area contributed by atoms with Crippen LogP contribution in [0.3, 0.4) is 0 Å². The van der Waals surface area contributed by atoms with Gasteiger partial charge in [-0.3, -0.25) is 4.79 Å². The van der Waals surface area contributed by atoms with Gasteiger partial charge in [-0.1, -0.05) is 56.3 Å². The average molecular weight is 416 g/mol. The lowest BCUT2D eigenvalue weighted by Crippen LogP contribution is -2.47. The predicted molar refractivity (Wildman–Crippen MR) is 118 cm³/mol. The molecule has 0 saturated carbocycles. The molecule has 2 aromatic carbocycles. The Bertz CT molecular complexity index is 773. The second-order valence-electron chi connectivity index (χ2n) is 8.08. The molecule has 29 heavy (non-hydrogen) atoms. The molecule has 1 fully saturated rings. The van der Waals surface area contributed by atoms with Crippen molar-refractivity contribution < 1.29 is 13.9 Å². The first kappa shape index (κ1) is 21.8. The van der Waals surface area contributed by atoms with Gasteiger partial charge in [0.25, 0.3) is 0 Å². The topological polar surface area (TPSA) is 38.3 Å². The van der Waals surface area contributed by atoms with Gasteiger partial charge in [-0.05, 0) is 42.0 Å². The first-order chi connectivity index (χ1) is 14.0. The van der Waals surface area contributed by atoms with Crippen LogP contribution in [0.2, 0.25) is 0 Å². The zero-order valence-electron chi connectivity index (χ0n) is 17.2. The van der Waals surface area contributed by atoms with Gasteiger partial charge in [0.15, 0.2) is 0 Å². The summed E-state index contributed by atoms with van der Waals surface area (Å²) in [7, 11) is 0. The molecule has 1 aliphatic heterocycles. The lowest BCUT2D eigenvalue weighted by atomic mass is 9.74. The number of nitrogens with one attached hydrogen (secondary N) is 1. The molecule has 0 radical (unpaired) electrons. The number of thioether (sulfide) groups is 1. The zero-order chi connectivity index (χ0) is 20.7. The SMILES string of the molecule is CC(C)C(SCc1ccccc1)C(=O)NCC1(c2ccc(F)cc2)CCOCC1. The van der Waals surface area contributed by atoms with Crippen molar-refractivity contribution in [2.24, 2.45) is 5.92 Å². The lowest BCUT2D eigenvalue weighted by Gasteiger charge is -2.38. The van der Waals surface area contributed by atoms with Crippen LogP contribution in [0, 0.1) is 11.7 Å². The third kappa shape index (κ3) is 5.83. The summed E-state index contributed by atoms with van der Waals surface area (Å²) in [4.78, 5) is 13.1. The van der Waals surface area contributed by atoms with Crippen molar-refractivity contribution in [1.29, 1.82) is 0 Å². The Morgan fingerprint density at radius 2 is 1.76 bits per heavy atom. The standard InChI is InChI=1S/C24H30FNO2S/c1-18(2)22(29-16-19-6-4-3-5-7-19)23(27)26-17-24(12-14-28-15-13-24)20-8-10-21(25)11-9-20/h3-11,18,22H,12-17H2,1-2H3,(H,26,27). The molecule has 1 saturated heterocycles. The highest BCUT2D eigenvalue weighted by atomic mass is 32.2. The van der Waals surface area contributed by atoms with Crippen molar-refractivity contribution in [3.63, 3.8) is 0 Å². The molecule has 0 aromatic heterocycles. The maximum atomic E-state index is 13.4. The predicted octanol–water partition coefficient (Wildman–Crippen LogP) is 4.95. The van der Waals surface area contributed by atoms with E-state index in [0.29, 0.717) is 19.8 Å². The van der Waals surface area contributed by atoms with E-state index in [1.807, 2.05) is 30.3 Å². The van der Waals surface area contributed by atoms with Gasteiger partial charge in [-0.2, -0.15) is 0 Å². The number of carbonyl (C=O) groups is 1. The van der Waals surface area contributed by atoms with E-state index in [1.54, 1.807) is 11.8 Å². The Hall–Kier alpha value is -1.85. The van der Waals surface area contributed by atoms with Crippen LogP contribution in [0.15, 0.2) is 54.6 Å². The van der Waals surface area contributed by atoms with Crippen molar-refractivity contribution in [3.05, 3.63) is 71.5 Å². The Balaban J connectivity index is 1.66. The third-order valence-electron chi connectivity index (χ3n) is 5.64. The maximum absolute atomic E-state index is 13.4. The van der Waals surface area contributed by atoms with Crippen LogP contribution < -0.4 is 5.32 Å². The number of hydrogen-bond acceptors (Lipinski definition) is 3. The Morgan fingerprint density at radius 3 is 2.38 bits per heavy atom. The van der Waals surface area contributed by atoms with Crippen LogP contribution in [0.1, 0.15) is 37.8 Å². The van der Waals surface area contributed by atoms with Crippen LogP contribution in [0.25, 0.3) is 0 Å². The first-order valence-corrected chi connectivity index (χ1v) is 11.3. The number of halogens is 1. The second kappa shape index (κ2) is 10.3. The molecule has 0 spiro atoms. The summed E-state index contributed by atoms with van der Waals surface area (Å²) in [5, 5.41) is 3.10. The molecule has 1 aliphatic rings. The van der Waals surface area contributed by atoms with E-state index < -0.39 is 0 Å². The molecule has 0 aliphatic carbocycles. The summed E-state index contributed by atoms with van der Waals surface area (Å²) >= 11 is 1.69. The highest BCUT2D eigenvalue weighted by Gasteiger charge is 2.36. The van der Waals surface area contributed by atoms with Crippen LogP contribution in [0.4, 0.5) is 4.39 Å². The minimum absolute atomic E-state index is 0.0777. The Kier molecular flexibility index (Phi) is 7.73. The number of ether oxygens (including phenoxy) is 1. The molecular formula is C24H30FNO2S. The second-order valence-corrected chi connectivity index (χ2v) is 9.21. The first-order valence-electron chi connectivity index (χ1n) is 10.3. The molecule has 156 valence electrons. The number of amides is 1. The van der Waals surface area contributed by atoms with Gasteiger partial charge in [-0.15, -0.1) is 11.8 Å². The molecule has 2 aromatic rings. The summed E-state index contributed by atoms with van der Waals surface area (Å²) in [5.41, 5.74) is 2.09. The van der Waals surface area contributed by atoms with Gasteiger partial charge in [0.1, 0.15) is 5.82 Å². The smallest absolute Gasteiger partial charge is 0.233 e. The molecule has 1 heterocycles. The normalized spacial score (nSPS) is 17.1. The highest BCUT2D eigenvalue weighted by molar-refractivity contribution is 7.99. The van der Waals surface area contributed by atoms with E-state index in [4.69, 9.17) is 4.74 Å². The van der Waals surface area contributed by atoms with Crippen molar-refractivity contribution in [2.45, 2.75) is 43.1 Å². The minimum atomic E-state index is -0.239. The number of carbonyl (C=O) groups excluding carboxylic acids is 1. The van der Waals surface area contributed by atoms with Crippen LogP contribution in [0.5, 0.6) is 0 Å². The van der Waals surface area contributed by atoms with Crippen molar-refractivity contribution in [1.82, 2.24) is 5.32 Å².